The van der Waals surface area contributed by atoms with Gasteiger partial charge in [-0.15, -0.1) is 0 Å². The largest absolute Gasteiger partial charge is 0.323 e. The van der Waals surface area contributed by atoms with Gasteiger partial charge in [0.25, 0.3) is 0 Å². The van der Waals surface area contributed by atoms with Crippen LogP contribution in [0.3, 0.4) is 0 Å². The minimum absolute atomic E-state index is 0.606. The Bertz CT molecular complexity index is 570. The lowest BCUT2D eigenvalue weighted by Crippen LogP contribution is -2.04. The number of rotatable bonds is 16. The van der Waals surface area contributed by atoms with E-state index < -0.39 is 14.3 Å². The first-order chi connectivity index (χ1) is 13.4. The van der Waals surface area contributed by atoms with E-state index in [9.17, 15) is 9.13 Å². The Morgan fingerprint density at radius 2 is 0.964 bits per heavy atom. The van der Waals surface area contributed by atoms with Crippen LogP contribution in [0.25, 0.3) is 0 Å². The molecule has 0 fully saturated rings. The summed E-state index contributed by atoms with van der Waals surface area (Å²) in [6.07, 6.45) is 13.0. The Labute approximate surface area is 174 Å². The summed E-state index contributed by atoms with van der Waals surface area (Å²) in [7, 11) is -4.42. The van der Waals surface area contributed by atoms with Crippen molar-refractivity contribution >= 4 is 14.3 Å². The third kappa shape index (κ3) is 9.89. The molecule has 1 aromatic rings. The fourth-order valence-electron chi connectivity index (χ4n) is 3.62. The van der Waals surface area contributed by atoms with E-state index in [1.165, 1.54) is 0 Å². The molecular formula is C23H43NO2P2. The molecule has 28 heavy (non-hydrogen) atoms. The van der Waals surface area contributed by atoms with Gasteiger partial charge in [0.1, 0.15) is 0 Å². The molecule has 3 nitrogen and oxygen atoms in total. The summed E-state index contributed by atoms with van der Waals surface area (Å²) < 4.78 is 27.0. The van der Waals surface area contributed by atoms with Crippen LogP contribution in [0.2, 0.25) is 0 Å². The maximum absolute atomic E-state index is 13.5. The maximum Gasteiger partial charge on any atom is 0.0934 e. The van der Waals surface area contributed by atoms with Crippen LogP contribution in [-0.2, 0) is 21.5 Å². The molecule has 162 valence electrons. The predicted octanol–water partition coefficient (Wildman–Crippen LogP) is 8.01. The lowest BCUT2D eigenvalue weighted by atomic mass is 10.3. The van der Waals surface area contributed by atoms with Crippen molar-refractivity contribution in [2.75, 3.05) is 24.6 Å². The molecule has 0 saturated carbocycles. The van der Waals surface area contributed by atoms with E-state index in [4.69, 9.17) is 4.98 Å². The van der Waals surface area contributed by atoms with Gasteiger partial charge in [-0.3, -0.25) is 4.98 Å². The molecule has 0 radical (unpaired) electrons. The molecule has 0 amide bonds. The normalized spacial score (nSPS) is 12.4. The van der Waals surface area contributed by atoms with E-state index in [0.717, 1.165) is 87.4 Å². The third-order valence-corrected chi connectivity index (χ3v) is 11.8. The predicted molar refractivity (Wildman–Crippen MR) is 126 cm³/mol. The topological polar surface area (TPSA) is 47.0 Å². The van der Waals surface area contributed by atoms with Crippen molar-refractivity contribution < 1.29 is 9.13 Å². The Kier molecular flexibility index (Phi) is 12.6. The summed E-state index contributed by atoms with van der Waals surface area (Å²) in [5.41, 5.74) is 1.87. The summed E-state index contributed by atoms with van der Waals surface area (Å²) in [5, 5.41) is 0. The molecular weight excluding hydrogens is 384 g/mol. The van der Waals surface area contributed by atoms with Crippen molar-refractivity contribution in [3.63, 3.8) is 0 Å². The highest BCUT2D eigenvalue weighted by Gasteiger charge is 2.24. The molecule has 1 aromatic heterocycles. The second kappa shape index (κ2) is 13.8. The molecule has 0 aliphatic carbocycles. The Hall–Kier alpha value is -0.390. The number of hydrogen-bond donors (Lipinski definition) is 0. The smallest absolute Gasteiger partial charge is 0.0934 e. The Morgan fingerprint density at radius 1 is 0.643 bits per heavy atom. The van der Waals surface area contributed by atoms with Gasteiger partial charge in [0.05, 0.1) is 14.3 Å². The first-order valence-electron chi connectivity index (χ1n) is 11.5. The summed E-state index contributed by atoms with van der Waals surface area (Å²) in [6.45, 7) is 8.64. The van der Waals surface area contributed by atoms with Crippen LogP contribution in [-0.4, -0.2) is 29.6 Å². The molecule has 0 saturated heterocycles. The van der Waals surface area contributed by atoms with Gasteiger partial charge >= 0.3 is 0 Å². The van der Waals surface area contributed by atoms with Gasteiger partial charge in [-0.05, 0) is 37.8 Å². The molecule has 0 aromatic carbocycles. The van der Waals surface area contributed by atoms with Gasteiger partial charge in [0.2, 0.25) is 0 Å². The zero-order valence-electron chi connectivity index (χ0n) is 18.8. The monoisotopic (exact) mass is 427 g/mol. The highest BCUT2D eigenvalue weighted by atomic mass is 31.2. The third-order valence-electron chi connectivity index (χ3n) is 5.44. The summed E-state index contributed by atoms with van der Waals surface area (Å²) in [6, 6.07) is 6.04. The van der Waals surface area contributed by atoms with Crippen LogP contribution in [0.5, 0.6) is 0 Å². The zero-order chi connectivity index (χ0) is 20.9. The lowest BCUT2D eigenvalue weighted by molar-refractivity contribution is 0.568. The lowest BCUT2D eigenvalue weighted by Gasteiger charge is -2.20. The van der Waals surface area contributed by atoms with Gasteiger partial charge in [0.15, 0.2) is 0 Å². The zero-order valence-corrected chi connectivity index (χ0v) is 20.6. The minimum atomic E-state index is -2.21. The first-order valence-corrected chi connectivity index (χ1v) is 16.0. The number of pyridine rings is 1. The highest BCUT2D eigenvalue weighted by molar-refractivity contribution is 7.63. The molecule has 0 N–H and O–H groups in total. The number of aromatic nitrogens is 1. The van der Waals surface area contributed by atoms with E-state index in [1.54, 1.807) is 0 Å². The number of hydrogen-bond acceptors (Lipinski definition) is 3. The standard InChI is InChI=1S/C23H43NO2P2/c1-5-9-16-27(25,17-10-6-2)20-22-14-13-15-23(24-22)21-28(26,18-11-7-3)19-12-8-4/h13-15H,5-12,16-21H2,1-4H3. The van der Waals surface area contributed by atoms with Gasteiger partial charge in [-0.25, -0.2) is 0 Å². The van der Waals surface area contributed by atoms with Crippen molar-refractivity contribution in [1.82, 2.24) is 4.98 Å². The molecule has 0 unspecified atom stereocenters. The van der Waals surface area contributed by atoms with Crippen molar-refractivity contribution in [2.45, 2.75) is 91.4 Å². The summed E-state index contributed by atoms with van der Waals surface area (Å²) >= 11 is 0. The van der Waals surface area contributed by atoms with E-state index in [0.29, 0.717) is 12.3 Å². The number of unbranched alkanes of at least 4 members (excludes halogenated alkanes) is 4. The molecule has 1 heterocycles. The number of nitrogens with zero attached hydrogens (tertiary/aromatic N) is 1. The second-order valence-electron chi connectivity index (χ2n) is 8.36. The second-order valence-corrected chi connectivity index (χ2v) is 15.0. The van der Waals surface area contributed by atoms with Gasteiger partial charge in [-0.1, -0.05) is 59.4 Å². The average molecular weight is 428 g/mol. The van der Waals surface area contributed by atoms with Crippen LogP contribution in [0.1, 0.15) is 90.4 Å². The quantitative estimate of drug-likeness (QED) is 0.251. The van der Waals surface area contributed by atoms with Crippen LogP contribution in [0.4, 0.5) is 0 Å². The van der Waals surface area contributed by atoms with Gasteiger partial charge in [-0.2, -0.15) is 0 Å². The fourth-order valence-corrected chi connectivity index (χ4v) is 9.80. The molecule has 0 aliphatic rings. The maximum atomic E-state index is 13.5. The van der Waals surface area contributed by atoms with Crippen LogP contribution in [0, 0.1) is 0 Å². The average Bonchev–Trinajstić information content (AvgIpc) is 2.68. The summed E-state index contributed by atoms with van der Waals surface area (Å²) in [5.74, 6) is 0. The van der Waals surface area contributed by atoms with Crippen LogP contribution >= 0.6 is 14.3 Å². The molecule has 0 atom stereocenters. The molecule has 5 heteroatoms. The molecule has 0 spiro atoms. The Balaban J connectivity index is 2.92. The van der Waals surface area contributed by atoms with E-state index in [-0.39, 0.29) is 0 Å². The van der Waals surface area contributed by atoms with Crippen LogP contribution in [0.15, 0.2) is 18.2 Å². The fraction of sp³-hybridized carbons (Fsp3) is 0.783. The molecule has 0 aliphatic heterocycles. The van der Waals surface area contributed by atoms with Crippen molar-refractivity contribution in [3.8, 4) is 0 Å². The van der Waals surface area contributed by atoms with Crippen molar-refractivity contribution in [1.29, 1.82) is 0 Å². The first kappa shape index (κ1) is 25.6. The van der Waals surface area contributed by atoms with Crippen molar-refractivity contribution in [3.05, 3.63) is 29.6 Å². The summed E-state index contributed by atoms with van der Waals surface area (Å²) in [4.78, 5) is 4.83. The molecule has 0 bridgehead atoms. The Morgan fingerprint density at radius 3 is 1.25 bits per heavy atom. The van der Waals surface area contributed by atoms with E-state index >= 15 is 0 Å². The van der Waals surface area contributed by atoms with Crippen molar-refractivity contribution in [2.24, 2.45) is 0 Å². The van der Waals surface area contributed by atoms with E-state index in [2.05, 4.69) is 27.7 Å². The van der Waals surface area contributed by atoms with E-state index in [1.807, 2.05) is 18.2 Å². The van der Waals surface area contributed by atoms with Gasteiger partial charge < -0.3 is 9.13 Å². The molecule has 1 rings (SSSR count). The SMILES string of the molecule is CCCCP(=O)(CCCC)Cc1cccc(CP(=O)(CCCC)CCCC)n1. The van der Waals surface area contributed by atoms with Crippen LogP contribution < -0.4 is 0 Å². The van der Waals surface area contributed by atoms with Gasteiger partial charge in [0, 0.05) is 48.4 Å². The minimum Gasteiger partial charge on any atom is -0.323 e. The highest BCUT2D eigenvalue weighted by Crippen LogP contribution is 2.52.